The number of nitrogens with one attached hydrogen (secondary N) is 1. The SMILES string of the molecule is Cc1ccc(NC(C)CC2CCC2)c([N+](=O)[O-])c1. The van der Waals surface area contributed by atoms with Gasteiger partial charge >= 0.3 is 0 Å². The third-order valence-electron chi connectivity index (χ3n) is 3.66. The first-order valence-corrected chi connectivity index (χ1v) is 6.58. The Balaban J connectivity index is 2.05. The number of hydrogen-bond acceptors (Lipinski definition) is 3. The summed E-state index contributed by atoms with van der Waals surface area (Å²) in [5.74, 6) is 0.803. The number of aryl methyl sites for hydroxylation is 1. The van der Waals surface area contributed by atoms with Crippen molar-refractivity contribution in [3.8, 4) is 0 Å². The van der Waals surface area contributed by atoms with E-state index in [-0.39, 0.29) is 16.7 Å². The molecule has 1 saturated carbocycles. The minimum absolute atomic E-state index is 0.176. The molecule has 18 heavy (non-hydrogen) atoms. The largest absolute Gasteiger partial charge is 0.377 e. The van der Waals surface area contributed by atoms with Crippen LogP contribution in [0.25, 0.3) is 0 Å². The quantitative estimate of drug-likeness (QED) is 0.635. The molecule has 1 aliphatic carbocycles. The first-order valence-electron chi connectivity index (χ1n) is 6.58. The third-order valence-corrected chi connectivity index (χ3v) is 3.66. The summed E-state index contributed by atoms with van der Waals surface area (Å²) in [6, 6.07) is 5.63. The molecule has 1 aromatic rings. The van der Waals surface area contributed by atoms with E-state index in [9.17, 15) is 10.1 Å². The van der Waals surface area contributed by atoms with Gasteiger partial charge in [0.05, 0.1) is 4.92 Å². The Hall–Kier alpha value is -1.58. The average molecular weight is 248 g/mol. The molecule has 0 spiro atoms. The summed E-state index contributed by atoms with van der Waals surface area (Å²) in [5, 5.41) is 14.3. The van der Waals surface area contributed by atoms with Gasteiger partial charge in [0.15, 0.2) is 0 Å². The van der Waals surface area contributed by atoms with Crippen LogP contribution in [0.2, 0.25) is 0 Å². The van der Waals surface area contributed by atoms with E-state index in [1.165, 1.54) is 19.3 Å². The Morgan fingerprint density at radius 1 is 1.50 bits per heavy atom. The van der Waals surface area contributed by atoms with Crippen molar-refractivity contribution in [1.29, 1.82) is 0 Å². The van der Waals surface area contributed by atoms with E-state index in [1.54, 1.807) is 6.07 Å². The molecule has 1 unspecified atom stereocenters. The highest BCUT2D eigenvalue weighted by Crippen LogP contribution is 2.32. The molecule has 98 valence electrons. The lowest BCUT2D eigenvalue weighted by atomic mass is 9.81. The fraction of sp³-hybridized carbons (Fsp3) is 0.571. The summed E-state index contributed by atoms with van der Waals surface area (Å²) >= 11 is 0. The summed E-state index contributed by atoms with van der Waals surface area (Å²) in [5.41, 5.74) is 1.73. The molecule has 1 N–H and O–H groups in total. The van der Waals surface area contributed by atoms with Crippen molar-refractivity contribution in [3.05, 3.63) is 33.9 Å². The van der Waals surface area contributed by atoms with Crippen LogP contribution in [-0.2, 0) is 0 Å². The summed E-state index contributed by atoms with van der Waals surface area (Å²) in [6.45, 7) is 3.97. The number of hydrogen-bond donors (Lipinski definition) is 1. The summed E-state index contributed by atoms with van der Waals surface area (Å²) < 4.78 is 0. The zero-order chi connectivity index (χ0) is 13.1. The highest BCUT2D eigenvalue weighted by molar-refractivity contribution is 5.62. The van der Waals surface area contributed by atoms with Gasteiger partial charge in [-0.2, -0.15) is 0 Å². The Morgan fingerprint density at radius 2 is 2.22 bits per heavy atom. The van der Waals surface area contributed by atoms with Gasteiger partial charge in [0.2, 0.25) is 0 Å². The molecule has 1 aromatic carbocycles. The fourth-order valence-corrected chi connectivity index (χ4v) is 2.47. The van der Waals surface area contributed by atoms with Crippen molar-refractivity contribution in [3.63, 3.8) is 0 Å². The Morgan fingerprint density at radius 3 is 2.78 bits per heavy atom. The van der Waals surface area contributed by atoms with Crippen molar-refractivity contribution in [2.45, 2.75) is 45.6 Å². The maximum atomic E-state index is 11.0. The van der Waals surface area contributed by atoms with Crippen LogP contribution < -0.4 is 5.32 Å². The lowest BCUT2D eigenvalue weighted by Crippen LogP contribution is -2.23. The minimum Gasteiger partial charge on any atom is -0.377 e. The van der Waals surface area contributed by atoms with E-state index in [4.69, 9.17) is 0 Å². The monoisotopic (exact) mass is 248 g/mol. The van der Waals surface area contributed by atoms with Crippen LogP contribution in [0.15, 0.2) is 18.2 Å². The second kappa shape index (κ2) is 5.38. The summed E-state index contributed by atoms with van der Waals surface area (Å²) in [4.78, 5) is 10.7. The van der Waals surface area contributed by atoms with Gasteiger partial charge in [0.25, 0.3) is 5.69 Å². The molecule has 0 aliphatic heterocycles. The zero-order valence-electron chi connectivity index (χ0n) is 11.0. The molecule has 0 heterocycles. The van der Waals surface area contributed by atoms with Gasteiger partial charge in [-0.1, -0.05) is 25.3 Å². The van der Waals surface area contributed by atoms with Crippen LogP contribution >= 0.6 is 0 Å². The number of anilines is 1. The van der Waals surface area contributed by atoms with Crippen LogP contribution in [0.1, 0.15) is 38.2 Å². The normalized spacial score (nSPS) is 17.0. The molecule has 1 aliphatic rings. The average Bonchev–Trinajstić information content (AvgIpc) is 2.26. The summed E-state index contributed by atoms with van der Waals surface area (Å²) in [6.07, 6.45) is 5.05. The maximum absolute atomic E-state index is 11.0. The molecule has 1 atom stereocenters. The molecule has 0 aromatic heterocycles. The van der Waals surface area contributed by atoms with Crippen molar-refractivity contribution in [1.82, 2.24) is 0 Å². The van der Waals surface area contributed by atoms with Crippen molar-refractivity contribution >= 4 is 11.4 Å². The van der Waals surface area contributed by atoms with E-state index in [1.807, 2.05) is 19.1 Å². The van der Waals surface area contributed by atoms with Crippen molar-refractivity contribution < 1.29 is 4.92 Å². The maximum Gasteiger partial charge on any atom is 0.292 e. The molecule has 2 rings (SSSR count). The molecule has 1 fully saturated rings. The number of nitrogens with zero attached hydrogens (tertiary/aromatic N) is 1. The predicted octanol–water partition coefficient (Wildman–Crippen LogP) is 3.89. The molecule has 4 nitrogen and oxygen atoms in total. The summed E-state index contributed by atoms with van der Waals surface area (Å²) in [7, 11) is 0. The van der Waals surface area contributed by atoms with Crippen LogP contribution in [0.4, 0.5) is 11.4 Å². The highest BCUT2D eigenvalue weighted by atomic mass is 16.6. The van der Waals surface area contributed by atoms with Crippen molar-refractivity contribution in [2.75, 3.05) is 5.32 Å². The number of benzene rings is 1. The van der Waals surface area contributed by atoms with Crippen LogP contribution in [-0.4, -0.2) is 11.0 Å². The topological polar surface area (TPSA) is 55.2 Å². The molecule has 4 heteroatoms. The molecular formula is C14H20N2O2. The standard InChI is InChI=1S/C14H20N2O2/c1-10-6-7-13(14(8-10)16(17)18)15-11(2)9-12-4-3-5-12/h6-8,11-12,15H,3-5,9H2,1-2H3. The number of rotatable bonds is 5. The van der Waals surface area contributed by atoms with Gasteiger partial charge in [0, 0.05) is 12.1 Å². The van der Waals surface area contributed by atoms with E-state index in [0.29, 0.717) is 5.69 Å². The lowest BCUT2D eigenvalue weighted by molar-refractivity contribution is -0.384. The first kappa shape index (κ1) is 12.9. The van der Waals surface area contributed by atoms with Crippen LogP contribution in [0, 0.1) is 23.0 Å². The smallest absolute Gasteiger partial charge is 0.292 e. The van der Waals surface area contributed by atoms with Crippen LogP contribution in [0.5, 0.6) is 0 Å². The number of nitro groups is 1. The molecule has 0 radical (unpaired) electrons. The van der Waals surface area contributed by atoms with Crippen molar-refractivity contribution in [2.24, 2.45) is 5.92 Å². The third kappa shape index (κ3) is 3.00. The Kier molecular flexibility index (Phi) is 3.84. The lowest BCUT2D eigenvalue weighted by Gasteiger charge is -2.28. The Bertz CT molecular complexity index is 441. The predicted molar refractivity (Wildman–Crippen MR) is 72.9 cm³/mol. The molecule has 0 amide bonds. The van der Waals surface area contributed by atoms with E-state index in [0.717, 1.165) is 17.9 Å². The van der Waals surface area contributed by atoms with E-state index in [2.05, 4.69) is 12.2 Å². The van der Waals surface area contributed by atoms with Gasteiger partial charge in [-0.3, -0.25) is 10.1 Å². The van der Waals surface area contributed by atoms with Gasteiger partial charge < -0.3 is 5.32 Å². The van der Waals surface area contributed by atoms with Gasteiger partial charge in [0.1, 0.15) is 5.69 Å². The van der Waals surface area contributed by atoms with E-state index >= 15 is 0 Å². The van der Waals surface area contributed by atoms with Gasteiger partial charge in [-0.05, 0) is 37.8 Å². The second-order valence-electron chi connectivity index (χ2n) is 5.36. The first-order chi connectivity index (χ1) is 8.56. The Labute approximate surface area is 108 Å². The zero-order valence-corrected chi connectivity index (χ0v) is 11.0. The second-order valence-corrected chi connectivity index (χ2v) is 5.36. The highest BCUT2D eigenvalue weighted by Gasteiger charge is 2.21. The molecular weight excluding hydrogens is 228 g/mol. The molecule has 0 saturated heterocycles. The fourth-order valence-electron chi connectivity index (χ4n) is 2.47. The number of nitro benzene ring substituents is 1. The minimum atomic E-state index is -0.314. The van der Waals surface area contributed by atoms with Gasteiger partial charge in [-0.15, -0.1) is 0 Å². The van der Waals surface area contributed by atoms with Gasteiger partial charge in [-0.25, -0.2) is 0 Å². The molecule has 0 bridgehead atoms. The van der Waals surface area contributed by atoms with E-state index < -0.39 is 0 Å². The van der Waals surface area contributed by atoms with Crippen LogP contribution in [0.3, 0.4) is 0 Å².